The summed E-state index contributed by atoms with van der Waals surface area (Å²) in [6.07, 6.45) is 0.398. The Morgan fingerprint density at radius 3 is 2.31 bits per heavy atom. The van der Waals surface area contributed by atoms with Crippen LogP contribution in [0.25, 0.3) is 0 Å². The maximum Gasteiger partial charge on any atom is 0.411 e. The van der Waals surface area contributed by atoms with Crippen molar-refractivity contribution in [1.29, 1.82) is 0 Å². The fourth-order valence-corrected chi connectivity index (χ4v) is 3.98. The SMILES string of the molecule is CC(c1ccc(C(=O)O)cc1)N1CCC(CC(C)(C)O)(c2ccccc2)OC1=O. The minimum atomic E-state index is -1.00. The molecule has 2 aromatic carbocycles. The molecular weight excluding hydrogens is 370 g/mol. The Hall–Kier alpha value is -2.86. The number of carbonyl (C=O) groups is 2. The number of cyclic esters (lactones) is 1. The first-order valence-corrected chi connectivity index (χ1v) is 9.72. The van der Waals surface area contributed by atoms with Crippen LogP contribution >= 0.6 is 0 Å². The number of amides is 1. The van der Waals surface area contributed by atoms with Crippen molar-refractivity contribution in [1.82, 2.24) is 4.90 Å². The van der Waals surface area contributed by atoms with Gasteiger partial charge in [-0.3, -0.25) is 0 Å². The summed E-state index contributed by atoms with van der Waals surface area (Å²) < 4.78 is 5.99. The molecule has 0 saturated carbocycles. The van der Waals surface area contributed by atoms with Gasteiger partial charge in [0, 0.05) is 19.4 Å². The average Bonchev–Trinajstić information content (AvgIpc) is 2.67. The molecule has 0 aromatic heterocycles. The zero-order valence-corrected chi connectivity index (χ0v) is 17.0. The third kappa shape index (κ3) is 4.59. The minimum absolute atomic E-state index is 0.204. The molecule has 154 valence electrons. The van der Waals surface area contributed by atoms with Crippen molar-refractivity contribution in [3.05, 3.63) is 71.3 Å². The summed E-state index contributed by atoms with van der Waals surface area (Å²) in [5, 5.41) is 19.5. The third-order valence-electron chi connectivity index (χ3n) is 5.40. The van der Waals surface area contributed by atoms with Gasteiger partial charge < -0.3 is 19.8 Å². The highest BCUT2D eigenvalue weighted by Gasteiger charge is 2.46. The topological polar surface area (TPSA) is 87.1 Å². The number of aliphatic hydroxyl groups is 1. The van der Waals surface area contributed by atoms with Gasteiger partial charge in [-0.25, -0.2) is 9.59 Å². The third-order valence-corrected chi connectivity index (χ3v) is 5.40. The summed E-state index contributed by atoms with van der Waals surface area (Å²) in [5.74, 6) is -0.985. The van der Waals surface area contributed by atoms with Gasteiger partial charge in [-0.15, -0.1) is 0 Å². The van der Waals surface area contributed by atoms with Gasteiger partial charge in [0.2, 0.25) is 0 Å². The molecule has 6 nitrogen and oxygen atoms in total. The maximum atomic E-state index is 13.0. The summed E-state index contributed by atoms with van der Waals surface area (Å²) in [6, 6.07) is 15.8. The van der Waals surface area contributed by atoms with E-state index in [2.05, 4.69) is 0 Å². The molecule has 2 N–H and O–H groups in total. The molecule has 2 unspecified atom stereocenters. The predicted molar refractivity (Wildman–Crippen MR) is 109 cm³/mol. The Balaban J connectivity index is 1.83. The number of carboxylic acids is 1. The molecule has 1 saturated heterocycles. The van der Waals surface area contributed by atoms with Crippen LogP contribution in [0.4, 0.5) is 4.79 Å². The van der Waals surface area contributed by atoms with Crippen LogP contribution in [0.5, 0.6) is 0 Å². The largest absolute Gasteiger partial charge is 0.478 e. The predicted octanol–water partition coefficient (Wildman–Crippen LogP) is 4.34. The highest BCUT2D eigenvalue weighted by molar-refractivity contribution is 5.87. The van der Waals surface area contributed by atoms with Gasteiger partial charge in [0.15, 0.2) is 0 Å². The molecule has 2 atom stereocenters. The van der Waals surface area contributed by atoms with E-state index < -0.39 is 23.3 Å². The van der Waals surface area contributed by atoms with Crippen molar-refractivity contribution in [3.8, 4) is 0 Å². The number of carbonyl (C=O) groups excluding carboxylic acids is 1. The molecule has 6 heteroatoms. The lowest BCUT2D eigenvalue weighted by molar-refractivity contribution is -0.101. The summed E-state index contributed by atoms with van der Waals surface area (Å²) in [6.45, 7) is 5.78. The Morgan fingerprint density at radius 1 is 1.17 bits per heavy atom. The molecule has 0 radical (unpaired) electrons. The van der Waals surface area contributed by atoms with E-state index in [-0.39, 0.29) is 11.6 Å². The fraction of sp³-hybridized carbons (Fsp3) is 0.391. The standard InChI is InChI=1S/C23H27NO5/c1-16(17-9-11-18(12-10-17)20(25)26)24-14-13-23(29-21(24)27,15-22(2,3)28)19-7-5-4-6-8-19/h4-12,16,28H,13-15H2,1-3H3,(H,25,26). The average molecular weight is 397 g/mol. The number of carboxylic acid groups (broad SMARTS) is 1. The lowest BCUT2D eigenvalue weighted by atomic mass is 9.80. The summed E-state index contributed by atoms with van der Waals surface area (Å²) in [5.41, 5.74) is 0.0157. The normalized spacial score (nSPS) is 20.8. The smallest absolute Gasteiger partial charge is 0.411 e. The van der Waals surface area contributed by atoms with Gasteiger partial charge in [0.1, 0.15) is 5.60 Å². The van der Waals surface area contributed by atoms with E-state index in [1.54, 1.807) is 30.9 Å². The Kier molecular flexibility index (Phi) is 5.66. The highest BCUT2D eigenvalue weighted by atomic mass is 16.6. The molecule has 2 aromatic rings. The van der Waals surface area contributed by atoms with Crippen molar-refractivity contribution in [3.63, 3.8) is 0 Å². The first kappa shape index (κ1) is 20.9. The van der Waals surface area contributed by atoms with Crippen molar-refractivity contribution in [2.45, 2.75) is 50.9 Å². The van der Waals surface area contributed by atoms with Crippen LogP contribution in [0.3, 0.4) is 0 Å². The molecular formula is C23H27NO5. The second-order valence-electron chi connectivity index (χ2n) is 8.26. The van der Waals surface area contributed by atoms with Crippen molar-refractivity contribution in [2.24, 2.45) is 0 Å². The van der Waals surface area contributed by atoms with Crippen LogP contribution in [0.1, 0.15) is 61.1 Å². The number of ether oxygens (including phenoxy) is 1. The van der Waals surface area contributed by atoms with E-state index >= 15 is 0 Å². The molecule has 3 rings (SSSR count). The van der Waals surface area contributed by atoms with Crippen LogP contribution in [0.2, 0.25) is 0 Å². The fourth-order valence-electron chi connectivity index (χ4n) is 3.98. The highest BCUT2D eigenvalue weighted by Crippen LogP contribution is 2.42. The first-order chi connectivity index (χ1) is 13.6. The van der Waals surface area contributed by atoms with Crippen LogP contribution in [0, 0.1) is 0 Å². The van der Waals surface area contributed by atoms with Crippen molar-refractivity contribution in [2.75, 3.05) is 6.54 Å². The molecule has 1 aliphatic heterocycles. The number of aromatic carboxylic acids is 1. The Bertz CT molecular complexity index is 872. The monoisotopic (exact) mass is 397 g/mol. The van der Waals surface area contributed by atoms with E-state index in [1.165, 1.54) is 12.1 Å². The molecule has 29 heavy (non-hydrogen) atoms. The molecule has 1 fully saturated rings. The minimum Gasteiger partial charge on any atom is -0.478 e. The number of hydrogen-bond acceptors (Lipinski definition) is 4. The number of benzene rings is 2. The lowest BCUT2D eigenvalue weighted by Gasteiger charge is -2.45. The van der Waals surface area contributed by atoms with Gasteiger partial charge in [0.05, 0.1) is 17.2 Å². The van der Waals surface area contributed by atoms with Crippen molar-refractivity contribution >= 4 is 12.1 Å². The Morgan fingerprint density at radius 2 is 1.79 bits per heavy atom. The van der Waals surface area contributed by atoms with Crippen LogP contribution in [-0.4, -0.2) is 39.3 Å². The molecule has 1 aliphatic rings. The van der Waals surface area contributed by atoms with Crippen LogP contribution in [0.15, 0.2) is 54.6 Å². The summed E-state index contributed by atoms with van der Waals surface area (Å²) in [7, 11) is 0. The second-order valence-corrected chi connectivity index (χ2v) is 8.26. The van der Waals surface area contributed by atoms with Gasteiger partial charge in [-0.1, -0.05) is 42.5 Å². The number of hydrogen-bond donors (Lipinski definition) is 2. The quantitative estimate of drug-likeness (QED) is 0.757. The van der Waals surface area contributed by atoms with E-state index in [1.807, 2.05) is 37.3 Å². The summed E-state index contributed by atoms with van der Waals surface area (Å²) in [4.78, 5) is 25.7. The molecule has 1 heterocycles. The maximum absolute atomic E-state index is 13.0. The summed E-state index contributed by atoms with van der Waals surface area (Å²) >= 11 is 0. The van der Waals surface area contributed by atoms with Crippen LogP contribution < -0.4 is 0 Å². The van der Waals surface area contributed by atoms with Gasteiger partial charge >= 0.3 is 12.1 Å². The van der Waals surface area contributed by atoms with Gasteiger partial charge in [-0.2, -0.15) is 0 Å². The zero-order chi connectivity index (χ0) is 21.2. The van der Waals surface area contributed by atoms with Gasteiger partial charge in [0.25, 0.3) is 0 Å². The zero-order valence-electron chi connectivity index (χ0n) is 17.0. The number of rotatable bonds is 6. The van der Waals surface area contributed by atoms with E-state index in [4.69, 9.17) is 9.84 Å². The van der Waals surface area contributed by atoms with E-state index in [9.17, 15) is 14.7 Å². The lowest BCUT2D eigenvalue weighted by Crippen LogP contribution is -2.51. The van der Waals surface area contributed by atoms with Crippen LogP contribution in [-0.2, 0) is 10.3 Å². The van der Waals surface area contributed by atoms with Gasteiger partial charge in [-0.05, 0) is 44.0 Å². The molecule has 0 aliphatic carbocycles. The molecule has 1 amide bonds. The molecule has 0 spiro atoms. The second kappa shape index (κ2) is 7.87. The number of nitrogens with zero attached hydrogens (tertiary/aromatic N) is 1. The van der Waals surface area contributed by atoms with E-state index in [0.29, 0.717) is 19.4 Å². The molecule has 0 bridgehead atoms. The van der Waals surface area contributed by atoms with E-state index in [0.717, 1.165) is 11.1 Å². The van der Waals surface area contributed by atoms with Crippen molar-refractivity contribution < 1.29 is 24.5 Å². The first-order valence-electron chi connectivity index (χ1n) is 9.72. The Labute approximate surface area is 170 Å².